The Morgan fingerprint density at radius 2 is 1.80 bits per heavy atom. The Bertz CT molecular complexity index is 377. The van der Waals surface area contributed by atoms with Crippen molar-refractivity contribution in [1.82, 2.24) is 5.32 Å². The maximum atomic E-state index is 5.73. The Kier molecular flexibility index (Phi) is 6.19. The lowest BCUT2D eigenvalue weighted by Gasteiger charge is -2.29. The van der Waals surface area contributed by atoms with E-state index in [0.717, 1.165) is 37.0 Å². The topological polar surface area (TPSA) is 30.5 Å². The van der Waals surface area contributed by atoms with Gasteiger partial charge in [0.05, 0.1) is 13.7 Å². The highest BCUT2D eigenvalue weighted by Gasteiger charge is 2.19. The van der Waals surface area contributed by atoms with Crippen molar-refractivity contribution >= 4 is 0 Å². The van der Waals surface area contributed by atoms with Crippen LogP contribution in [-0.4, -0.2) is 26.3 Å². The zero-order valence-corrected chi connectivity index (χ0v) is 12.7. The minimum atomic E-state index is 0.713. The number of hydrogen-bond donors (Lipinski definition) is 1. The molecule has 20 heavy (non-hydrogen) atoms. The SMILES string of the molecule is COc1ccc(OCCCNC2CCCCC2C)cc1. The van der Waals surface area contributed by atoms with Crippen LogP contribution in [0.2, 0.25) is 0 Å². The first-order valence-electron chi connectivity index (χ1n) is 7.80. The molecule has 2 unspecified atom stereocenters. The van der Waals surface area contributed by atoms with Gasteiger partial charge >= 0.3 is 0 Å². The summed E-state index contributed by atoms with van der Waals surface area (Å²) in [5.74, 6) is 2.60. The fourth-order valence-electron chi connectivity index (χ4n) is 2.84. The van der Waals surface area contributed by atoms with E-state index in [2.05, 4.69) is 12.2 Å². The number of rotatable bonds is 7. The highest BCUT2D eigenvalue weighted by Crippen LogP contribution is 2.23. The molecular weight excluding hydrogens is 250 g/mol. The molecule has 0 radical (unpaired) electrons. The van der Waals surface area contributed by atoms with E-state index >= 15 is 0 Å². The zero-order chi connectivity index (χ0) is 14.2. The summed E-state index contributed by atoms with van der Waals surface area (Å²) in [6.07, 6.45) is 6.54. The van der Waals surface area contributed by atoms with Crippen LogP contribution < -0.4 is 14.8 Å². The summed E-state index contributed by atoms with van der Waals surface area (Å²) in [7, 11) is 1.67. The normalized spacial score (nSPS) is 22.5. The quantitative estimate of drug-likeness (QED) is 0.772. The van der Waals surface area contributed by atoms with Crippen LogP contribution in [0.4, 0.5) is 0 Å². The van der Waals surface area contributed by atoms with Crippen LogP contribution in [0.15, 0.2) is 24.3 Å². The van der Waals surface area contributed by atoms with Crippen LogP contribution >= 0.6 is 0 Å². The second-order valence-electron chi connectivity index (χ2n) is 5.70. The Labute approximate surface area is 122 Å². The van der Waals surface area contributed by atoms with Crippen molar-refractivity contribution in [2.45, 2.75) is 45.1 Å². The van der Waals surface area contributed by atoms with Crippen LogP contribution in [0.3, 0.4) is 0 Å². The predicted octanol–water partition coefficient (Wildman–Crippen LogP) is 3.63. The third-order valence-electron chi connectivity index (χ3n) is 4.17. The number of nitrogens with one attached hydrogen (secondary N) is 1. The summed E-state index contributed by atoms with van der Waals surface area (Å²) in [4.78, 5) is 0. The van der Waals surface area contributed by atoms with Crippen LogP contribution in [0, 0.1) is 5.92 Å². The van der Waals surface area contributed by atoms with Gasteiger partial charge in [0, 0.05) is 6.04 Å². The Hall–Kier alpha value is -1.22. The van der Waals surface area contributed by atoms with Crippen molar-refractivity contribution in [3.8, 4) is 11.5 Å². The smallest absolute Gasteiger partial charge is 0.119 e. The van der Waals surface area contributed by atoms with Crippen molar-refractivity contribution < 1.29 is 9.47 Å². The van der Waals surface area contributed by atoms with E-state index in [4.69, 9.17) is 9.47 Å². The minimum absolute atomic E-state index is 0.713. The molecule has 1 saturated carbocycles. The first-order valence-corrected chi connectivity index (χ1v) is 7.80. The van der Waals surface area contributed by atoms with Crippen molar-refractivity contribution in [2.24, 2.45) is 5.92 Å². The van der Waals surface area contributed by atoms with Gasteiger partial charge in [-0.2, -0.15) is 0 Å². The Morgan fingerprint density at radius 1 is 1.10 bits per heavy atom. The molecule has 2 atom stereocenters. The Balaban J connectivity index is 1.58. The molecule has 1 aliphatic rings. The Morgan fingerprint density at radius 3 is 2.50 bits per heavy atom. The molecule has 1 aromatic rings. The van der Waals surface area contributed by atoms with Crippen molar-refractivity contribution in [3.05, 3.63) is 24.3 Å². The molecule has 3 nitrogen and oxygen atoms in total. The molecule has 0 bridgehead atoms. The summed E-state index contributed by atoms with van der Waals surface area (Å²) in [5, 5.41) is 3.68. The molecule has 0 aromatic heterocycles. The van der Waals surface area contributed by atoms with E-state index in [-0.39, 0.29) is 0 Å². The third-order valence-corrected chi connectivity index (χ3v) is 4.17. The summed E-state index contributed by atoms with van der Waals surface area (Å²) < 4.78 is 10.9. The van der Waals surface area contributed by atoms with Crippen LogP contribution in [-0.2, 0) is 0 Å². The van der Waals surface area contributed by atoms with E-state index in [9.17, 15) is 0 Å². The molecule has 1 aromatic carbocycles. The molecule has 0 saturated heterocycles. The predicted molar refractivity (Wildman–Crippen MR) is 82.5 cm³/mol. The molecule has 2 rings (SSSR count). The molecule has 1 fully saturated rings. The number of ether oxygens (including phenoxy) is 2. The molecule has 112 valence electrons. The average molecular weight is 277 g/mol. The largest absolute Gasteiger partial charge is 0.497 e. The second kappa shape index (κ2) is 8.15. The maximum Gasteiger partial charge on any atom is 0.119 e. The fraction of sp³-hybridized carbons (Fsp3) is 0.647. The standard InChI is InChI=1S/C17H27NO2/c1-14-6-3-4-7-17(14)18-12-5-13-20-16-10-8-15(19-2)9-11-16/h8-11,14,17-18H,3-7,12-13H2,1-2H3. The number of methoxy groups -OCH3 is 1. The van der Waals surface area contributed by atoms with Crippen molar-refractivity contribution in [2.75, 3.05) is 20.3 Å². The van der Waals surface area contributed by atoms with E-state index in [1.54, 1.807) is 7.11 Å². The summed E-state index contributed by atoms with van der Waals surface area (Å²) in [6, 6.07) is 8.48. The minimum Gasteiger partial charge on any atom is -0.497 e. The maximum absolute atomic E-state index is 5.73. The summed E-state index contributed by atoms with van der Waals surface area (Å²) in [5.41, 5.74) is 0. The van der Waals surface area contributed by atoms with E-state index < -0.39 is 0 Å². The van der Waals surface area contributed by atoms with Crippen LogP contribution in [0.1, 0.15) is 39.0 Å². The molecular formula is C17H27NO2. The molecule has 3 heteroatoms. The van der Waals surface area contributed by atoms with Gasteiger partial charge in [-0.25, -0.2) is 0 Å². The summed E-state index contributed by atoms with van der Waals surface area (Å²) >= 11 is 0. The first-order chi connectivity index (χ1) is 9.79. The number of benzene rings is 1. The second-order valence-corrected chi connectivity index (χ2v) is 5.70. The van der Waals surface area contributed by atoms with Gasteiger partial charge in [-0.05, 0) is 56.0 Å². The highest BCUT2D eigenvalue weighted by molar-refractivity contribution is 5.31. The van der Waals surface area contributed by atoms with Gasteiger partial charge in [0.25, 0.3) is 0 Å². The van der Waals surface area contributed by atoms with Gasteiger partial charge in [0.1, 0.15) is 11.5 Å². The molecule has 1 N–H and O–H groups in total. The first kappa shape index (κ1) is 15.2. The molecule has 0 spiro atoms. The van der Waals surface area contributed by atoms with Gasteiger partial charge in [-0.3, -0.25) is 0 Å². The van der Waals surface area contributed by atoms with Crippen molar-refractivity contribution in [3.63, 3.8) is 0 Å². The lowest BCUT2D eigenvalue weighted by atomic mass is 9.86. The number of hydrogen-bond acceptors (Lipinski definition) is 3. The van der Waals surface area contributed by atoms with E-state index in [1.807, 2.05) is 24.3 Å². The summed E-state index contributed by atoms with van der Waals surface area (Å²) in [6.45, 7) is 4.18. The third kappa shape index (κ3) is 4.71. The lowest BCUT2D eigenvalue weighted by Crippen LogP contribution is -2.38. The fourth-order valence-corrected chi connectivity index (χ4v) is 2.84. The van der Waals surface area contributed by atoms with Crippen molar-refractivity contribution in [1.29, 1.82) is 0 Å². The van der Waals surface area contributed by atoms with Gasteiger partial charge < -0.3 is 14.8 Å². The molecule has 0 amide bonds. The average Bonchev–Trinajstić information content (AvgIpc) is 2.49. The van der Waals surface area contributed by atoms with E-state index in [1.165, 1.54) is 25.7 Å². The van der Waals surface area contributed by atoms with E-state index in [0.29, 0.717) is 6.04 Å². The van der Waals surface area contributed by atoms with Gasteiger partial charge in [-0.1, -0.05) is 19.8 Å². The van der Waals surface area contributed by atoms with Gasteiger partial charge in [-0.15, -0.1) is 0 Å². The zero-order valence-electron chi connectivity index (χ0n) is 12.7. The van der Waals surface area contributed by atoms with Gasteiger partial charge in [0.2, 0.25) is 0 Å². The molecule has 1 aliphatic carbocycles. The highest BCUT2D eigenvalue weighted by atomic mass is 16.5. The van der Waals surface area contributed by atoms with Crippen LogP contribution in [0.5, 0.6) is 11.5 Å². The molecule has 0 aliphatic heterocycles. The lowest BCUT2D eigenvalue weighted by molar-refractivity contribution is 0.263. The van der Waals surface area contributed by atoms with Crippen LogP contribution in [0.25, 0.3) is 0 Å². The van der Waals surface area contributed by atoms with Gasteiger partial charge in [0.15, 0.2) is 0 Å². The molecule has 0 heterocycles. The monoisotopic (exact) mass is 277 g/mol.